The van der Waals surface area contributed by atoms with Crippen LogP contribution in [0.4, 0.5) is 33.6 Å². The van der Waals surface area contributed by atoms with Gasteiger partial charge >= 0.3 is 0 Å². The maximum atomic E-state index is 12.8. The molecule has 494 valence electrons. The summed E-state index contributed by atoms with van der Waals surface area (Å²) in [6.45, 7) is 0.0356. The smallest absolute Gasteiger partial charge is 0.296 e. The number of allylic oxidation sites excluding steroid dienone is 1. The zero-order valence-corrected chi connectivity index (χ0v) is 54.1. The summed E-state index contributed by atoms with van der Waals surface area (Å²) in [6.07, 6.45) is 3.39. The third-order valence-corrected chi connectivity index (χ3v) is 20.6. The monoisotopic (exact) mass is 1450 g/mol. The van der Waals surface area contributed by atoms with Crippen molar-refractivity contribution >= 4 is 160 Å². The van der Waals surface area contributed by atoms with Crippen LogP contribution in [0.3, 0.4) is 0 Å². The van der Waals surface area contributed by atoms with Crippen LogP contribution in [-0.2, 0) is 77.2 Å². The van der Waals surface area contributed by atoms with Crippen molar-refractivity contribution in [3.8, 4) is 29.2 Å². The fraction of sp³-hybridized carbons (Fsp3) is 0.312. The van der Waals surface area contributed by atoms with E-state index in [1.807, 2.05) is 6.08 Å². The normalized spacial score (nSPS) is 13.7. The molecule has 7 aromatic rings. The fourth-order valence-electron chi connectivity index (χ4n) is 8.70. The highest BCUT2D eigenvalue weighted by atomic mass is 32.2. The van der Waals surface area contributed by atoms with Crippen molar-refractivity contribution in [1.29, 1.82) is 5.26 Å². The number of nitrogens with zero attached hydrogens (tertiary/aromatic N) is 10. The third kappa shape index (κ3) is 18.1. The summed E-state index contributed by atoms with van der Waals surface area (Å²) < 4.78 is 256. The van der Waals surface area contributed by atoms with Gasteiger partial charge in [-0.05, 0) is 81.5 Å². The number of hydrogen-bond donors (Lipinski definition) is 8. The van der Waals surface area contributed by atoms with Crippen LogP contribution in [0.5, 0.6) is 23.1 Å². The van der Waals surface area contributed by atoms with Crippen molar-refractivity contribution in [1.82, 2.24) is 14.4 Å². The number of hydrogen-bond acceptors (Lipinski definition) is 29. The highest BCUT2D eigenvalue weighted by Gasteiger charge is 2.29. The van der Waals surface area contributed by atoms with Crippen molar-refractivity contribution in [2.24, 2.45) is 30.7 Å². The zero-order valence-electron chi connectivity index (χ0n) is 46.8. The molecule has 35 nitrogen and oxygen atoms in total. The molecular weight excluding hydrogens is 1410 g/mol. The number of azo groups is 3. The number of ether oxygens (including phenoxy) is 3. The first kappa shape index (κ1) is 70.5. The van der Waals surface area contributed by atoms with Gasteiger partial charge in [0.25, 0.3) is 70.8 Å². The van der Waals surface area contributed by atoms with Gasteiger partial charge in [0.2, 0.25) is 11.0 Å². The Morgan fingerprint density at radius 2 is 1.10 bits per heavy atom. The number of fused-ring (bicyclic) bond motifs is 6. The van der Waals surface area contributed by atoms with Crippen LogP contribution in [0.1, 0.15) is 54.6 Å². The van der Waals surface area contributed by atoms with Gasteiger partial charge < -0.3 is 19.3 Å². The molecule has 0 saturated carbocycles. The van der Waals surface area contributed by atoms with E-state index in [1.54, 1.807) is 6.08 Å². The van der Waals surface area contributed by atoms with Gasteiger partial charge in [-0.25, -0.2) is 9.97 Å². The van der Waals surface area contributed by atoms with Crippen molar-refractivity contribution in [2.45, 2.75) is 65.0 Å². The van der Waals surface area contributed by atoms with E-state index >= 15 is 0 Å². The molecule has 3 heterocycles. The molecule has 0 radical (unpaired) electrons. The number of benzene rings is 4. The minimum Gasteiger partial charge on any atom is -0.493 e. The molecule has 0 unspecified atom stereocenters. The van der Waals surface area contributed by atoms with Crippen LogP contribution in [0, 0.1) is 18.3 Å². The second-order valence-electron chi connectivity index (χ2n) is 19.4. The molecule has 44 heteroatoms. The molecule has 0 bridgehead atoms. The van der Waals surface area contributed by atoms with E-state index < -0.39 is 160 Å². The van der Waals surface area contributed by atoms with E-state index in [4.69, 9.17) is 14.2 Å². The van der Waals surface area contributed by atoms with Crippen LogP contribution in [0.25, 0.3) is 32.7 Å². The molecule has 8 N–H and O–H groups in total. The highest BCUT2D eigenvalue weighted by molar-refractivity contribution is 7.99. The average molecular weight is 1450 g/mol. The Labute approximate surface area is 530 Å². The topological polar surface area (TPSA) is 557 Å². The lowest BCUT2D eigenvalue weighted by atomic mass is 10.1. The van der Waals surface area contributed by atoms with Crippen LogP contribution < -0.4 is 14.2 Å². The quantitative estimate of drug-likeness (QED) is 0.00945. The largest absolute Gasteiger partial charge is 0.493 e. The molecule has 0 spiro atoms. The fourth-order valence-corrected chi connectivity index (χ4v) is 14.8. The second-order valence-corrected chi connectivity index (χ2v) is 32.0. The molecule has 8 rings (SSSR count). The Morgan fingerprint density at radius 3 is 1.62 bits per heavy atom. The summed E-state index contributed by atoms with van der Waals surface area (Å²) >= 11 is 1.26. The molecule has 92 heavy (non-hydrogen) atoms. The number of imidazole rings is 1. The lowest BCUT2D eigenvalue weighted by Crippen LogP contribution is -2.09. The minimum absolute atomic E-state index is 0.0176. The number of thiazole rings is 1. The molecule has 1 aliphatic carbocycles. The van der Waals surface area contributed by atoms with E-state index in [0.717, 1.165) is 30.0 Å². The van der Waals surface area contributed by atoms with Gasteiger partial charge in [-0.3, -0.25) is 36.3 Å². The molecule has 0 fully saturated rings. The van der Waals surface area contributed by atoms with E-state index in [9.17, 15) is 101 Å². The number of rotatable bonds is 29. The summed E-state index contributed by atoms with van der Waals surface area (Å²) in [7, 11) is -34.2. The maximum absolute atomic E-state index is 12.8. The summed E-state index contributed by atoms with van der Waals surface area (Å²) in [6, 6.07) is 8.25. The Balaban J connectivity index is 1.30. The first-order valence-corrected chi connectivity index (χ1v) is 38.4. The first-order chi connectivity index (χ1) is 42.8. The van der Waals surface area contributed by atoms with E-state index in [0.29, 0.717) is 53.8 Å². The van der Waals surface area contributed by atoms with Crippen LogP contribution >= 0.6 is 23.1 Å². The van der Waals surface area contributed by atoms with Crippen molar-refractivity contribution in [2.75, 3.05) is 48.6 Å². The minimum atomic E-state index is -5.41. The number of nitriles is 1. The number of thioether (sulfide) groups is 1. The van der Waals surface area contributed by atoms with Gasteiger partial charge in [0, 0.05) is 39.4 Å². The van der Waals surface area contributed by atoms with Crippen LogP contribution in [0.15, 0.2) is 98.8 Å². The van der Waals surface area contributed by atoms with Crippen molar-refractivity contribution in [3.63, 3.8) is 0 Å². The number of aryl methyl sites for hydroxylation is 1. The average Bonchev–Trinajstić information content (AvgIpc) is 1.49. The summed E-state index contributed by atoms with van der Waals surface area (Å²) in [5.74, 6) is -4.69. The Bertz CT molecular complexity index is 5150. The lowest BCUT2D eigenvalue weighted by Gasteiger charge is -2.14. The number of pyridine rings is 1. The molecule has 0 amide bonds. The van der Waals surface area contributed by atoms with E-state index in [1.165, 1.54) is 17.4 Å². The molecule has 0 saturated heterocycles. The van der Waals surface area contributed by atoms with E-state index in [2.05, 4.69) is 46.7 Å². The summed E-state index contributed by atoms with van der Waals surface area (Å²) in [5.41, 5.74) is -0.612. The Hall–Kier alpha value is -7.33. The number of aromatic hydroxyl groups is 1. The van der Waals surface area contributed by atoms with Crippen LogP contribution in [-0.4, -0.2) is 159 Å². The van der Waals surface area contributed by atoms with Gasteiger partial charge in [0.1, 0.15) is 66.9 Å². The van der Waals surface area contributed by atoms with Crippen LogP contribution in [0.2, 0.25) is 0 Å². The number of aromatic nitrogens is 3. The third-order valence-electron chi connectivity index (χ3n) is 12.7. The second kappa shape index (κ2) is 27.7. The molecule has 4 aromatic carbocycles. The summed E-state index contributed by atoms with van der Waals surface area (Å²) in [4.78, 5) is 5.30. The highest BCUT2D eigenvalue weighted by Crippen LogP contribution is 2.47. The first-order valence-electron chi connectivity index (χ1n) is 25.9. The van der Waals surface area contributed by atoms with Gasteiger partial charge in [-0.1, -0.05) is 17.4 Å². The van der Waals surface area contributed by atoms with Gasteiger partial charge in [-0.2, -0.15) is 64.2 Å². The van der Waals surface area contributed by atoms with Gasteiger partial charge in [0.15, 0.2) is 11.3 Å². The van der Waals surface area contributed by atoms with Gasteiger partial charge in [-0.15, -0.1) is 42.4 Å². The van der Waals surface area contributed by atoms with Crippen molar-refractivity contribution in [3.05, 3.63) is 71.1 Å². The predicted molar refractivity (Wildman–Crippen MR) is 327 cm³/mol. The lowest BCUT2D eigenvalue weighted by molar-refractivity contribution is 0.309. The van der Waals surface area contributed by atoms with Crippen molar-refractivity contribution < 1.29 is 110 Å². The SMILES string of the molecule is Cc1c(N=Nc2cc(OCCCS(=O)(=O)O)c(N=Nc3cc(OCCCS(=O)(=O)O)c(N=Nc4nc5c(S(=O)(=O)O)cc6c(S(=O)(=O)O)cc(S(=O)(=O)O)cc6c5s4)cc3SCCCS(=O)(=O)O)cc2OCCCS(=O)(=O)O)c(O)n2c3c(nc2c1C#N)CCC=C3. The zero-order chi connectivity index (χ0) is 67.5. The maximum Gasteiger partial charge on any atom is 0.296 e. The molecule has 1 aliphatic rings. The van der Waals surface area contributed by atoms with E-state index in [-0.39, 0.29) is 98.8 Å². The molecular formula is C48H48N10O25S9. The molecule has 3 aromatic heterocycles. The summed E-state index contributed by atoms with van der Waals surface area (Å²) in [5, 5.41) is 45.9. The predicted octanol–water partition coefficient (Wildman–Crippen LogP) is 8.27. The Morgan fingerprint density at radius 1 is 0.598 bits per heavy atom. The van der Waals surface area contributed by atoms with Gasteiger partial charge in [0.05, 0.1) is 63.8 Å². The standard InChI is InChI=1S/C48H48N10O25S9/c1-26-30(25-49)46-50-31-8-2-3-9-36(31)58(46)47(59)43(26)56-53-33-22-37(81-10-4-14-86(60,61)62)32(21-38(33)82-11-5-15-87(63,64)65)52-55-35-23-39(83-12-6-16-88(66,67)68)34(24-40(35)84-13-7-17-89(69,70)71)54-57-48-51-44-42(92(78,79)80)20-28-29(45(44)85-48)18-27(90(72,73)74)19-41(28)91(75,76)77/h3,9,18-24,59H,2,4-8,10-17H2,1H3,(H,60,61,62)(H,63,64,65)(H,66,67,68)(H,69,70,71)(H,72,73,74)(H,75,76,77)(H,78,79,80). The molecule has 0 aliphatic heterocycles. The molecule has 0 atom stereocenters. The Kier molecular flexibility index (Phi) is 21.2.